The molecule has 11 heteroatoms. The van der Waals surface area contributed by atoms with Crippen LogP contribution in [0.4, 0.5) is 5.69 Å². The molecule has 0 aliphatic heterocycles. The van der Waals surface area contributed by atoms with Gasteiger partial charge in [-0.3, -0.25) is 14.9 Å². The van der Waals surface area contributed by atoms with Crippen molar-refractivity contribution in [3.8, 4) is 11.5 Å². The van der Waals surface area contributed by atoms with E-state index in [4.69, 9.17) is 14.2 Å². The van der Waals surface area contributed by atoms with Gasteiger partial charge in [0.2, 0.25) is 5.91 Å². The Morgan fingerprint density at radius 1 is 1.19 bits per heavy atom. The summed E-state index contributed by atoms with van der Waals surface area (Å²) in [6.07, 6.45) is 1.23. The summed E-state index contributed by atoms with van der Waals surface area (Å²) in [6.45, 7) is 3.90. The molecule has 0 heterocycles. The lowest BCUT2D eigenvalue weighted by atomic mass is 10.1. The third-order valence-corrected chi connectivity index (χ3v) is 4.71. The summed E-state index contributed by atoms with van der Waals surface area (Å²) >= 11 is 2.04. The fourth-order valence-electron chi connectivity index (χ4n) is 2.63. The first-order valence-corrected chi connectivity index (χ1v) is 10.7. The second-order valence-electron chi connectivity index (χ2n) is 6.21. The summed E-state index contributed by atoms with van der Waals surface area (Å²) < 4.78 is 16.7. The Bertz CT molecular complexity index is 1010. The van der Waals surface area contributed by atoms with Crippen LogP contribution in [0.3, 0.4) is 0 Å². The number of carbonyl (C=O) groups excluding carboxylic acids is 2. The van der Waals surface area contributed by atoms with Crippen LogP contribution in [-0.4, -0.2) is 42.8 Å². The normalized spacial score (nSPS) is 10.6. The van der Waals surface area contributed by atoms with Crippen molar-refractivity contribution in [3.63, 3.8) is 0 Å². The maximum atomic E-state index is 12.1. The summed E-state index contributed by atoms with van der Waals surface area (Å²) in [6, 6.07) is 9.42. The van der Waals surface area contributed by atoms with E-state index in [9.17, 15) is 19.7 Å². The molecule has 1 amide bonds. The molecule has 0 spiro atoms. The maximum Gasteiger partial charge on any atom is 0.344 e. The predicted octanol–water partition coefficient (Wildman–Crippen LogP) is 3.23. The minimum Gasteiger partial charge on any atom is -0.490 e. The number of hydrogen-bond donors (Lipinski definition) is 1. The van der Waals surface area contributed by atoms with Gasteiger partial charge in [-0.15, -0.1) is 0 Å². The highest BCUT2D eigenvalue weighted by Crippen LogP contribution is 2.34. The number of nitrogens with zero attached hydrogens (tertiary/aromatic N) is 2. The van der Waals surface area contributed by atoms with Crippen LogP contribution < -0.4 is 14.9 Å². The topological polar surface area (TPSA) is 129 Å². The van der Waals surface area contributed by atoms with E-state index in [1.807, 2.05) is 29.5 Å². The number of amides is 1. The molecule has 0 bridgehead atoms. The third-order valence-electron chi connectivity index (χ3n) is 3.91. The summed E-state index contributed by atoms with van der Waals surface area (Å²) in [7, 11) is 0. The molecule has 1 N–H and O–H groups in total. The van der Waals surface area contributed by atoms with Gasteiger partial charge in [0.25, 0.3) is 5.69 Å². The zero-order valence-electron chi connectivity index (χ0n) is 17.5. The standard InChI is InChI=1S/C21H22IN3O7/c1-3-30-18-10-14(9-16(22)21(18)32-13-20(27)31-4-2)12-23-24-19(26)11-15-7-5-6-8-17(15)25(28)29/h5-10,12H,3-4,11,13H2,1-2H3,(H,24,26)/b23-12+. The zero-order chi connectivity index (χ0) is 23.5. The average Bonchev–Trinajstić information content (AvgIpc) is 2.74. The Balaban J connectivity index is 2.07. The lowest BCUT2D eigenvalue weighted by Gasteiger charge is -2.14. The Kier molecular flexibility index (Phi) is 9.85. The van der Waals surface area contributed by atoms with Crippen LogP contribution >= 0.6 is 22.6 Å². The first kappa shape index (κ1) is 25.0. The van der Waals surface area contributed by atoms with Gasteiger partial charge in [-0.2, -0.15) is 5.10 Å². The van der Waals surface area contributed by atoms with Crippen LogP contribution in [0.15, 0.2) is 41.5 Å². The number of benzene rings is 2. The number of carbonyl (C=O) groups is 2. The van der Waals surface area contributed by atoms with Crippen LogP contribution in [0, 0.1) is 13.7 Å². The number of ether oxygens (including phenoxy) is 3. The van der Waals surface area contributed by atoms with E-state index in [-0.39, 0.29) is 25.3 Å². The largest absolute Gasteiger partial charge is 0.490 e. The van der Waals surface area contributed by atoms with Gasteiger partial charge in [0, 0.05) is 11.6 Å². The Morgan fingerprint density at radius 3 is 2.62 bits per heavy atom. The van der Waals surface area contributed by atoms with E-state index >= 15 is 0 Å². The van der Waals surface area contributed by atoms with E-state index in [1.165, 1.54) is 24.4 Å². The number of nitro benzene ring substituents is 1. The molecule has 0 atom stereocenters. The summed E-state index contributed by atoms with van der Waals surface area (Å²) in [5, 5.41) is 15.0. The monoisotopic (exact) mass is 555 g/mol. The number of hydrogen-bond acceptors (Lipinski definition) is 8. The maximum absolute atomic E-state index is 12.1. The van der Waals surface area contributed by atoms with Crippen molar-refractivity contribution in [2.45, 2.75) is 20.3 Å². The molecule has 2 aromatic rings. The molecule has 32 heavy (non-hydrogen) atoms. The molecular weight excluding hydrogens is 533 g/mol. The fraction of sp³-hybridized carbons (Fsp3) is 0.286. The number of nitrogens with one attached hydrogen (secondary N) is 1. The minimum atomic E-state index is -0.533. The molecule has 0 unspecified atom stereocenters. The summed E-state index contributed by atoms with van der Waals surface area (Å²) in [5.74, 6) is -0.170. The Labute approximate surface area is 198 Å². The molecule has 2 rings (SSSR count). The highest BCUT2D eigenvalue weighted by atomic mass is 127. The van der Waals surface area contributed by atoms with E-state index in [1.54, 1.807) is 25.1 Å². The molecule has 0 radical (unpaired) electrons. The average molecular weight is 555 g/mol. The zero-order valence-corrected chi connectivity index (χ0v) is 19.7. The van der Waals surface area contributed by atoms with Gasteiger partial charge < -0.3 is 14.2 Å². The van der Waals surface area contributed by atoms with Gasteiger partial charge in [-0.25, -0.2) is 10.2 Å². The molecule has 10 nitrogen and oxygen atoms in total. The number of hydrazone groups is 1. The van der Waals surface area contributed by atoms with E-state index in [0.717, 1.165) is 0 Å². The van der Waals surface area contributed by atoms with Crippen molar-refractivity contribution in [3.05, 3.63) is 61.2 Å². The van der Waals surface area contributed by atoms with Crippen LogP contribution in [0.25, 0.3) is 0 Å². The molecule has 0 saturated heterocycles. The molecular formula is C21H22IN3O7. The molecule has 0 saturated carbocycles. The lowest BCUT2D eigenvalue weighted by molar-refractivity contribution is -0.385. The smallest absolute Gasteiger partial charge is 0.344 e. The predicted molar refractivity (Wildman–Crippen MR) is 125 cm³/mol. The van der Waals surface area contributed by atoms with E-state index in [2.05, 4.69) is 10.5 Å². The van der Waals surface area contributed by atoms with Gasteiger partial charge in [-0.05, 0) is 54.1 Å². The van der Waals surface area contributed by atoms with E-state index in [0.29, 0.717) is 32.8 Å². The Morgan fingerprint density at radius 2 is 1.94 bits per heavy atom. The number of rotatable bonds is 11. The lowest BCUT2D eigenvalue weighted by Crippen LogP contribution is -2.20. The summed E-state index contributed by atoms with van der Waals surface area (Å²) in [5.41, 5.74) is 3.14. The van der Waals surface area contributed by atoms with Crippen LogP contribution in [0.5, 0.6) is 11.5 Å². The SMILES string of the molecule is CCOC(=O)COc1c(I)cc(/C=N/NC(=O)Cc2ccccc2[N+](=O)[O-])cc1OCC. The fourth-order valence-corrected chi connectivity index (χ4v) is 3.41. The second-order valence-corrected chi connectivity index (χ2v) is 7.37. The van der Waals surface area contributed by atoms with Crippen molar-refractivity contribution >= 4 is 46.4 Å². The van der Waals surface area contributed by atoms with Gasteiger partial charge in [0.1, 0.15) is 0 Å². The van der Waals surface area contributed by atoms with Gasteiger partial charge in [-0.1, -0.05) is 18.2 Å². The molecule has 0 aliphatic carbocycles. The number of para-hydroxylation sites is 1. The molecule has 0 aliphatic rings. The van der Waals surface area contributed by atoms with Gasteiger partial charge in [0.05, 0.1) is 34.3 Å². The first-order valence-electron chi connectivity index (χ1n) is 9.64. The summed E-state index contributed by atoms with van der Waals surface area (Å²) in [4.78, 5) is 34.2. The first-order chi connectivity index (χ1) is 15.3. The van der Waals surface area contributed by atoms with Crippen molar-refractivity contribution in [1.82, 2.24) is 5.43 Å². The number of esters is 1. The van der Waals surface area contributed by atoms with Crippen molar-refractivity contribution in [2.75, 3.05) is 19.8 Å². The minimum absolute atomic E-state index is 0.124. The highest BCUT2D eigenvalue weighted by Gasteiger charge is 2.16. The van der Waals surface area contributed by atoms with E-state index < -0.39 is 16.8 Å². The van der Waals surface area contributed by atoms with Crippen molar-refractivity contribution < 1.29 is 28.7 Å². The van der Waals surface area contributed by atoms with Crippen LogP contribution in [0.2, 0.25) is 0 Å². The molecule has 2 aromatic carbocycles. The molecule has 0 aromatic heterocycles. The van der Waals surface area contributed by atoms with Crippen LogP contribution in [0.1, 0.15) is 25.0 Å². The van der Waals surface area contributed by atoms with Gasteiger partial charge >= 0.3 is 5.97 Å². The van der Waals surface area contributed by atoms with Crippen molar-refractivity contribution in [1.29, 1.82) is 0 Å². The second kappa shape index (κ2) is 12.6. The van der Waals surface area contributed by atoms with Gasteiger partial charge in [0.15, 0.2) is 18.1 Å². The molecule has 0 fully saturated rings. The third kappa shape index (κ3) is 7.48. The van der Waals surface area contributed by atoms with Crippen molar-refractivity contribution in [2.24, 2.45) is 5.10 Å². The Hall–Kier alpha value is -3.22. The van der Waals surface area contributed by atoms with Crippen LogP contribution in [-0.2, 0) is 20.7 Å². The number of halogens is 1. The highest BCUT2D eigenvalue weighted by molar-refractivity contribution is 14.1. The number of nitro groups is 1. The quantitative estimate of drug-likeness (QED) is 0.148. The molecule has 170 valence electrons.